The highest BCUT2D eigenvalue weighted by Gasteiger charge is 2.13. The van der Waals surface area contributed by atoms with E-state index < -0.39 is 12.6 Å². The van der Waals surface area contributed by atoms with Crippen molar-refractivity contribution in [2.24, 2.45) is 5.10 Å². The molecule has 0 saturated carbocycles. The highest BCUT2D eigenvalue weighted by Crippen LogP contribution is 2.33. The van der Waals surface area contributed by atoms with E-state index in [1.165, 1.54) is 13.3 Å². The molecule has 2 rings (SSSR count). The number of benzene rings is 2. The van der Waals surface area contributed by atoms with Crippen LogP contribution < -0.4 is 14.9 Å². The summed E-state index contributed by atoms with van der Waals surface area (Å²) in [6.45, 7) is 3.21. The van der Waals surface area contributed by atoms with E-state index in [9.17, 15) is 9.59 Å². The molecule has 0 heterocycles. The number of aliphatic carboxylic acids is 1. The summed E-state index contributed by atoms with van der Waals surface area (Å²) >= 11 is 0. The Kier molecular flexibility index (Phi) is 7.13. The van der Waals surface area contributed by atoms with Crippen LogP contribution >= 0.6 is 0 Å². The molecule has 1 amide bonds. The zero-order chi connectivity index (χ0) is 19.6. The predicted molar refractivity (Wildman–Crippen MR) is 102 cm³/mol. The number of hydrogen-bond acceptors (Lipinski definition) is 5. The third-order valence-electron chi connectivity index (χ3n) is 3.49. The Labute approximate surface area is 156 Å². The molecule has 0 spiro atoms. The molecule has 27 heavy (non-hydrogen) atoms. The van der Waals surface area contributed by atoms with Crippen molar-refractivity contribution in [3.05, 3.63) is 71.8 Å². The number of ether oxygens (including phenoxy) is 2. The van der Waals surface area contributed by atoms with Gasteiger partial charge in [0.2, 0.25) is 0 Å². The van der Waals surface area contributed by atoms with Gasteiger partial charge in [-0.1, -0.05) is 24.3 Å². The molecule has 0 unspecified atom stereocenters. The molecular formula is C20H20N2O5. The van der Waals surface area contributed by atoms with Crippen LogP contribution in [0.25, 0.3) is 0 Å². The molecule has 0 radical (unpaired) electrons. The van der Waals surface area contributed by atoms with Gasteiger partial charge < -0.3 is 14.6 Å². The first-order valence-electron chi connectivity index (χ1n) is 8.10. The van der Waals surface area contributed by atoms with Crippen LogP contribution in [0.1, 0.15) is 21.5 Å². The topological polar surface area (TPSA) is 97.2 Å². The van der Waals surface area contributed by atoms with Crippen LogP contribution in [0.5, 0.6) is 11.5 Å². The van der Waals surface area contributed by atoms with Crippen LogP contribution in [0.15, 0.2) is 60.2 Å². The van der Waals surface area contributed by atoms with Crippen molar-refractivity contribution >= 4 is 18.1 Å². The van der Waals surface area contributed by atoms with Crippen molar-refractivity contribution < 1.29 is 24.2 Å². The van der Waals surface area contributed by atoms with Crippen LogP contribution in [-0.4, -0.2) is 36.9 Å². The summed E-state index contributed by atoms with van der Waals surface area (Å²) in [5, 5.41) is 12.8. The first-order valence-corrected chi connectivity index (χ1v) is 8.10. The van der Waals surface area contributed by atoms with Crippen molar-refractivity contribution in [2.75, 3.05) is 13.7 Å². The second-order valence-corrected chi connectivity index (χ2v) is 5.45. The lowest BCUT2D eigenvalue weighted by Crippen LogP contribution is -2.17. The molecule has 140 valence electrons. The van der Waals surface area contributed by atoms with E-state index in [0.717, 1.165) is 0 Å². The Morgan fingerprint density at radius 1 is 1.26 bits per heavy atom. The summed E-state index contributed by atoms with van der Waals surface area (Å²) in [5.74, 6) is -0.709. The quantitative estimate of drug-likeness (QED) is 0.403. The monoisotopic (exact) mass is 368 g/mol. The van der Waals surface area contributed by atoms with E-state index >= 15 is 0 Å². The molecule has 0 aliphatic rings. The van der Waals surface area contributed by atoms with E-state index in [4.69, 9.17) is 14.6 Å². The van der Waals surface area contributed by atoms with Crippen LogP contribution in [0.4, 0.5) is 0 Å². The number of nitrogens with one attached hydrogen (secondary N) is 1. The zero-order valence-corrected chi connectivity index (χ0v) is 14.8. The van der Waals surface area contributed by atoms with Crippen LogP contribution in [0.3, 0.4) is 0 Å². The van der Waals surface area contributed by atoms with Gasteiger partial charge in [-0.3, -0.25) is 4.79 Å². The Morgan fingerprint density at radius 2 is 2.00 bits per heavy atom. The number of rotatable bonds is 9. The van der Waals surface area contributed by atoms with Crippen molar-refractivity contribution in [1.82, 2.24) is 5.43 Å². The van der Waals surface area contributed by atoms with E-state index in [2.05, 4.69) is 17.1 Å². The van der Waals surface area contributed by atoms with Gasteiger partial charge >= 0.3 is 5.97 Å². The molecule has 0 atom stereocenters. The van der Waals surface area contributed by atoms with Gasteiger partial charge in [-0.15, -0.1) is 6.58 Å². The fraction of sp³-hybridized carbons (Fsp3) is 0.150. The SMILES string of the molecule is C=CCc1cc(/C=N\NC(=O)c2ccccc2)cc(OC)c1OCC(=O)O. The van der Waals surface area contributed by atoms with Gasteiger partial charge in [0.15, 0.2) is 18.1 Å². The lowest BCUT2D eigenvalue weighted by atomic mass is 10.1. The Bertz CT molecular complexity index is 847. The standard InChI is InChI=1S/C20H20N2O5/c1-3-7-16-10-14(11-17(26-2)19(16)27-13-18(23)24)12-21-22-20(25)15-8-5-4-6-9-15/h3-6,8-12H,1,7,13H2,2H3,(H,22,25)(H,23,24)/b21-12-. The zero-order valence-electron chi connectivity index (χ0n) is 14.8. The van der Waals surface area contributed by atoms with E-state index in [-0.39, 0.29) is 5.91 Å². The van der Waals surface area contributed by atoms with Gasteiger partial charge in [-0.25, -0.2) is 10.2 Å². The number of carboxylic acid groups (broad SMARTS) is 1. The Hall–Kier alpha value is -3.61. The number of carboxylic acids is 1. The van der Waals surface area contributed by atoms with Crippen molar-refractivity contribution in [1.29, 1.82) is 0 Å². The molecule has 0 aliphatic carbocycles. The second kappa shape index (κ2) is 9.76. The number of hydrazone groups is 1. The first kappa shape index (κ1) is 19.7. The lowest BCUT2D eigenvalue weighted by molar-refractivity contribution is -0.139. The van der Waals surface area contributed by atoms with Gasteiger partial charge in [-0.2, -0.15) is 5.10 Å². The van der Waals surface area contributed by atoms with Gasteiger partial charge in [0.05, 0.1) is 13.3 Å². The minimum atomic E-state index is -1.09. The van der Waals surface area contributed by atoms with E-state index in [1.807, 2.05) is 6.07 Å². The maximum atomic E-state index is 12.0. The maximum absolute atomic E-state index is 12.0. The molecule has 0 fully saturated rings. The molecule has 7 heteroatoms. The van der Waals surface area contributed by atoms with Crippen LogP contribution in [0, 0.1) is 0 Å². The van der Waals surface area contributed by atoms with E-state index in [0.29, 0.717) is 34.6 Å². The largest absolute Gasteiger partial charge is 0.493 e. The maximum Gasteiger partial charge on any atom is 0.341 e. The van der Waals surface area contributed by atoms with E-state index in [1.54, 1.807) is 42.5 Å². The lowest BCUT2D eigenvalue weighted by Gasteiger charge is -2.14. The highest BCUT2D eigenvalue weighted by atomic mass is 16.5. The molecule has 7 nitrogen and oxygen atoms in total. The highest BCUT2D eigenvalue weighted by molar-refractivity contribution is 5.94. The number of allylic oxidation sites excluding steroid dienone is 1. The number of amides is 1. The third kappa shape index (κ3) is 5.71. The van der Waals surface area contributed by atoms with Gasteiger partial charge in [-0.05, 0) is 36.2 Å². The average molecular weight is 368 g/mol. The second-order valence-electron chi connectivity index (χ2n) is 5.45. The number of nitrogens with zero attached hydrogens (tertiary/aromatic N) is 1. The minimum absolute atomic E-state index is 0.327. The summed E-state index contributed by atoms with van der Waals surface area (Å²) < 4.78 is 10.6. The molecule has 0 saturated heterocycles. The van der Waals surface area contributed by atoms with Gasteiger partial charge in [0, 0.05) is 11.1 Å². The fourth-order valence-electron chi connectivity index (χ4n) is 2.33. The van der Waals surface area contributed by atoms with Gasteiger partial charge in [0.1, 0.15) is 0 Å². The number of methoxy groups -OCH3 is 1. The molecule has 2 N–H and O–H groups in total. The molecule has 0 bridgehead atoms. The minimum Gasteiger partial charge on any atom is -0.493 e. The smallest absolute Gasteiger partial charge is 0.341 e. The summed E-state index contributed by atoms with van der Waals surface area (Å²) in [5.41, 5.74) is 4.30. The predicted octanol–water partition coefficient (Wildman–Crippen LogP) is 2.65. The van der Waals surface area contributed by atoms with Crippen molar-refractivity contribution in [2.45, 2.75) is 6.42 Å². The fourth-order valence-corrected chi connectivity index (χ4v) is 2.33. The molecular weight excluding hydrogens is 348 g/mol. The summed E-state index contributed by atoms with van der Waals surface area (Å²) in [7, 11) is 1.46. The van der Waals surface area contributed by atoms with Crippen LogP contribution in [0.2, 0.25) is 0 Å². The molecule has 0 aliphatic heterocycles. The Balaban J connectivity index is 2.20. The van der Waals surface area contributed by atoms with Crippen molar-refractivity contribution in [3.63, 3.8) is 0 Å². The third-order valence-corrected chi connectivity index (χ3v) is 3.49. The normalized spacial score (nSPS) is 10.4. The average Bonchev–Trinajstić information content (AvgIpc) is 2.67. The van der Waals surface area contributed by atoms with Crippen molar-refractivity contribution in [3.8, 4) is 11.5 Å². The molecule has 2 aromatic carbocycles. The molecule has 0 aromatic heterocycles. The van der Waals surface area contributed by atoms with Gasteiger partial charge in [0.25, 0.3) is 5.91 Å². The molecule has 2 aromatic rings. The summed E-state index contributed by atoms with van der Waals surface area (Å²) in [6, 6.07) is 12.1. The summed E-state index contributed by atoms with van der Waals surface area (Å²) in [4.78, 5) is 22.8. The number of carbonyl (C=O) groups is 2. The van der Waals surface area contributed by atoms with Crippen LogP contribution in [-0.2, 0) is 11.2 Å². The Morgan fingerprint density at radius 3 is 2.63 bits per heavy atom. The number of hydrogen-bond donors (Lipinski definition) is 2. The number of carbonyl (C=O) groups excluding carboxylic acids is 1. The first-order chi connectivity index (χ1) is 13.0. The summed E-state index contributed by atoms with van der Waals surface area (Å²) in [6.07, 6.45) is 3.58.